The molecule has 0 unspecified atom stereocenters. The Morgan fingerprint density at radius 2 is 1.79 bits per heavy atom. The summed E-state index contributed by atoms with van der Waals surface area (Å²) in [5.41, 5.74) is 12.0. The zero-order chi connectivity index (χ0) is 17.1. The number of anilines is 1. The monoisotopic (exact) mass is 339 g/mol. The molecule has 3 aromatic rings. The quantitative estimate of drug-likeness (QED) is 0.786. The van der Waals surface area contributed by atoms with Crippen molar-refractivity contribution in [2.24, 2.45) is 0 Å². The molecule has 0 bridgehead atoms. The van der Waals surface area contributed by atoms with Gasteiger partial charge in [-0.05, 0) is 43.9 Å². The van der Waals surface area contributed by atoms with Crippen LogP contribution in [0.15, 0.2) is 36.7 Å². The summed E-state index contributed by atoms with van der Waals surface area (Å²) in [6.07, 6.45) is 4.65. The molecule has 2 aromatic heterocycles. The van der Waals surface area contributed by atoms with Gasteiger partial charge in [-0.3, -0.25) is 4.98 Å². The molecular weight excluding hydrogens is 322 g/mol. The second-order valence-corrected chi connectivity index (χ2v) is 6.07. The first-order valence-corrected chi connectivity index (χ1v) is 8.07. The molecule has 5 nitrogen and oxygen atoms in total. The van der Waals surface area contributed by atoms with E-state index in [1.165, 1.54) is 11.1 Å². The van der Waals surface area contributed by atoms with Gasteiger partial charge in [0, 0.05) is 11.3 Å². The van der Waals surface area contributed by atoms with Gasteiger partial charge in [0.05, 0.1) is 23.8 Å². The van der Waals surface area contributed by atoms with Gasteiger partial charge < -0.3 is 5.73 Å². The smallest absolute Gasteiger partial charge is 0.220 e. The Morgan fingerprint density at radius 1 is 1.00 bits per heavy atom. The number of halogens is 1. The van der Waals surface area contributed by atoms with E-state index in [0.717, 1.165) is 22.6 Å². The summed E-state index contributed by atoms with van der Waals surface area (Å²) in [4.78, 5) is 17.0. The van der Waals surface area contributed by atoms with Crippen LogP contribution in [0, 0.1) is 13.8 Å². The predicted octanol–water partition coefficient (Wildman–Crippen LogP) is 3.57. The average Bonchev–Trinajstić information content (AvgIpc) is 2.56. The first-order valence-electron chi connectivity index (χ1n) is 7.69. The molecular formula is C18H18ClN5. The summed E-state index contributed by atoms with van der Waals surface area (Å²) in [5, 5.41) is 0.391. The Bertz CT molecular complexity index is 862. The van der Waals surface area contributed by atoms with E-state index in [0.29, 0.717) is 18.0 Å². The van der Waals surface area contributed by atoms with Gasteiger partial charge in [0.15, 0.2) is 0 Å². The molecule has 3 rings (SSSR count). The van der Waals surface area contributed by atoms with E-state index in [-0.39, 0.29) is 5.95 Å². The van der Waals surface area contributed by atoms with Crippen LogP contribution in [0.2, 0.25) is 5.15 Å². The lowest BCUT2D eigenvalue weighted by Crippen LogP contribution is -2.04. The predicted molar refractivity (Wildman–Crippen MR) is 95.8 cm³/mol. The summed E-state index contributed by atoms with van der Waals surface area (Å²) in [5.74, 6) is 0.283. The van der Waals surface area contributed by atoms with Crippen molar-refractivity contribution in [3.05, 3.63) is 64.3 Å². The van der Waals surface area contributed by atoms with E-state index < -0.39 is 0 Å². The van der Waals surface area contributed by atoms with E-state index in [1.54, 1.807) is 12.4 Å². The number of nitrogen functional groups attached to an aromatic ring is 1. The Morgan fingerprint density at radius 3 is 2.54 bits per heavy atom. The van der Waals surface area contributed by atoms with Gasteiger partial charge in [-0.1, -0.05) is 29.8 Å². The number of nitrogens with two attached hydrogens (primary N) is 1. The van der Waals surface area contributed by atoms with E-state index in [1.807, 2.05) is 12.1 Å². The van der Waals surface area contributed by atoms with Gasteiger partial charge >= 0.3 is 0 Å². The topological polar surface area (TPSA) is 77.6 Å². The van der Waals surface area contributed by atoms with Crippen molar-refractivity contribution in [2.45, 2.75) is 26.7 Å². The van der Waals surface area contributed by atoms with Gasteiger partial charge in [-0.15, -0.1) is 0 Å². The minimum Gasteiger partial charge on any atom is -0.368 e. The van der Waals surface area contributed by atoms with Crippen molar-refractivity contribution >= 4 is 17.5 Å². The molecule has 0 aliphatic rings. The van der Waals surface area contributed by atoms with Crippen LogP contribution < -0.4 is 5.73 Å². The SMILES string of the molecule is Cc1cccc(-c2cc(CCc3cnc(Cl)cn3)nc(N)n2)c1C. The van der Waals surface area contributed by atoms with E-state index >= 15 is 0 Å². The van der Waals surface area contributed by atoms with Gasteiger partial charge in [-0.2, -0.15) is 0 Å². The zero-order valence-electron chi connectivity index (χ0n) is 13.6. The van der Waals surface area contributed by atoms with Gasteiger partial charge in [-0.25, -0.2) is 15.0 Å². The molecule has 1 aromatic carbocycles. The highest BCUT2D eigenvalue weighted by Crippen LogP contribution is 2.25. The molecule has 0 spiro atoms. The summed E-state index contributed by atoms with van der Waals surface area (Å²) in [7, 11) is 0. The number of rotatable bonds is 4. The van der Waals surface area contributed by atoms with Crippen molar-refractivity contribution in [2.75, 3.05) is 5.73 Å². The molecule has 0 aliphatic heterocycles. The fourth-order valence-corrected chi connectivity index (χ4v) is 2.63. The van der Waals surface area contributed by atoms with Crippen LogP contribution in [0.4, 0.5) is 5.95 Å². The van der Waals surface area contributed by atoms with Gasteiger partial charge in [0.2, 0.25) is 5.95 Å². The van der Waals surface area contributed by atoms with Crippen molar-refractivity contribution in [3.63, 3.8) is 0 Å². The standard InChI is InChI=1S/C18H18ClN5/c1-11-4-3-5-15(12(11)2)16-8-13(23-18(20)24-16)6-7-14-9-22-17(19)10-21-14/h3-5,8-10H,6-7H2,1-2H3,(H2,20,23,24). The summed E-state index contributed by atoms with van der Waals surface area (Å²) < 4.78 is 0. The molecule has 6 heteroatoms. The lowest BCUT2D eigenvalue weighted by Gasteiger charge is -2.10. The first-order chi connectivity index (χ1) is 11.5. The summed E-state index contributed by atoms with van der Waals surface area (Å²) in [6, 6.07) is 8.16. The molecule has 0 aliphatic carbocycles. The third kappa shape index (κ3) is 3.68. The second kappa shape index (κ2) is 6.93. The van der Waals surface area contributed by atoms with Crippen LogP contribution in [-0.4, -0.2) is 19.9 Å². The van der Waals surface area contributed by atoms with Crippen LogP contribution in [0.3, 0.4) is 0 Å². The number of benzene rings is 1. The van der Waals surface area contributed by atoms with Crippen LogP contribution in [0.5, 0.6) is 0 Å². The zero-order valence-corrected chi connectivity index (χ0v) is 14.4. The Kier molecular flexibility index (Phi) is 4.71. The Labute approximate surface area is 146 Å². The second-order valence-electron chi connectivity index (χ2n) is 5.68. The number of aryl methyl sites for hydroxylation is 3. The van der Waals surface area contributed by atoms with Crippen molar-refractivity contribution in [1.82, 2.24) is 19.9 Å². The van der Waals surface area contributed by atoms with E-state index in [2.05, 4.69) is 45.9 Å². The first kappa shape index (κ1) is 16.3. The molecule has 2 heterocycles. The summed E-state index contributed by atoms with van der Waals surface area (Å²) >= 11 is 5.76. The van der Waals surface area contributed by atoms with Crippen LogP contribution in [0.1, 0.15) is 22.5 Å². The lowest BCUT2D eigenvalue weighted by atomic mass is 10.00. The number of hydrogen-bond donors (Lipinski definition) is 1. The minimum absolute atomic E-state index is 0.283. The fraction of sp³-hybridized carbons (Fsp3) is 0.222. The maximum atomic E-state index is 5.91. The molecule has 0 amide bonds. The largest absolute Gasteiger partial charge is 0.368 e. The molecule has 0 fully saturated rings. The van der Waals surface area contributed by atoms with Crippen LogP contribution >= 0.6 is 11.6 Å². The van der Waals surface area contributed by atoms with Crippen LogP contribution in [0.25, 0.3) is 11.3 Å². The Hall–Kier alpha value is -2.53. The van der Waals surface area contributed by atoms with Crippen molar-refractivity contribution in [3.8, 4) is 11.3 Å². The Balaban J connectivity index is 1.86. The minimum atomic E-state index is 0.283. The highest BCUT2D eigenvalue weighted by Gasteiger charge is 2.09. The third-order valence-corrected chi connectivity index (χ3v) is 4.18. The number of hydrogen-bond acceptors (Lipinski definition) is 5. The maximum absolute atomic E-state index is 5.91. The molecule has 0 radical (unpaired) electrons. The highest BCUT2D eigenvalue weighted by molar-refractivity contribution is 6.29. The van der Waals surface area contributed by atoms with Crippen molar-refractivity contribution < 1.29 is 0 Å². The van der Waals surface area contributed by atoms with Crippen molar-refractivity contribution in [1.29, 1.82) is 0 Å². The maximum Gasteiger partial charge on any atom is 0.220 e. The lowest BCUT2D eigenvalue weighted by molar-refractivity contribution is 0.865. The number of nitrogens with zero attached hydrogens (tertiary/aromatic N) is 4. The molecule has 0 saturated carbocycles. The van der Waals surface area contributed by atoms with E-state index in [4.69, 9.17) is 17.3 Å². The molecule has 0 atom stereocenters. The fourth-order valence-electron chi connectivity index (χ4n) is 2.54. The summed E-state index contributed by atoms with van der Waals surface area (Å²) in [6.45, 7) is 4.18. The normalized spacial score (nSPS) is 10.8. The van der Waals surface area contributed by atoms with Crippen LogP contribution in [-0.2, 0) is 12.8 Å². The van der Waals surface area contributed by atoms with E-state index in [9.17, 15) is 0 Å². The highest BCUT2D eigenvalue weighted by atomic mass is 35.5. The van der Waals surface area contributed by atoms with Gasteiger partial charge in [0.25, 0.3) is 0 Å². The molecule has 24 heavy (non-hydrogen) atoms. The third-order valence-electron chi connectivity index (χ3n) is 3.99. The average molecular weight is 340 g/mol. The molecule has 122 valence electrons. The molecule has 0 saturated heterocycles. The number of aromatic nitrogens is 4. The molecule has 2 N–H and O–H groups in total. The van der Waals surface area contributed by atoms with Gasteiger partial charge in [0.1, 0.15) is 5.15 Å².